The molecule has 4 aliphatic rings. The van der Waals surface area contributed by atoms with Crippen LogP contribution in [0.5, 0.6) is 0 Å². The number of anilines is 4. The summed E-state index contributed by atoms with van der Waals surface area (Å²) in [7, 11) is 0. The number of para-hydroxylation sites is 2. The van der Waals surface area contributed by atoms with Crippen molar-refractivity contribution in [2.45, 2.75) is 30.4 Å². The van der Waals surface area contributed by atoms with Crippen LogP contribution < -0.4 is 10.6 Å². The third-order valence-electron chi connectivity index (χ3n) is 17.1. The average Bonchev–Trinajstić information content (AvgIpc) is 2.96. The van der Waals surface area contributed by atoms with Gasteiger partial charge in [0.05, 0.1) is 33.0 Å². The SMILES string of the molecule is c1ccc2c(c1)Sc1cc(Nc3cccc4oc5ccccc5c34)ccc1C21c2ccccc2-c2ccccc21.c1ccc2c(c1)Sc1ccc(Nc3cccc4oc5ccccc5c34)cc1C21c2ccccc2-c2ccccc21. The van der Waals surface area contributed by atoms with Crippen molar-refractivity contribution in [3.8, 4) is 22.3 Å². The molecule has 2 aliphatic heterocycles. The fraction of sp³-hybridized carbons (Fsp3) is 0.0270. The molecule has 0 bridgehead atoms. The van der Waals surface area contributed by atoms with Crippen molar-refractivity contribution in [3.05, 3.63) is 311 Å². The number of furan rings is 2. The van der Waals surface area contributed by atoms with Crippen molar-refractivity contribution >= 4 is 90.2 Å². The van der Waals surface area contributed by atoms with Gasteiger partial charge in [-0.1, -0.05) is 212 Å². The van der Waals surface area contributed by atoms with E-state index in [0.29, 0.717) is 0 Å². The lowest BCUT2D eigenvalue weighted by Gasteiger charge is -2.40. The van der Waals surface area contributed by atoms with E-state index in [1.165, 1.54) is 86.3 Å². The molecule has 0 saturated heterocycles. The lowest BCUT2D eigenvalue weighted by atomic mass is 9.67. The quantitative estimate of drug-likeness (QED) is 0.183. The van der Waals surface area contributed by atoms with Crippen LogP contribution in [0, 0.1) is 0 Å². The van der Waals surface area contributed by atoms with E-state index < -0.39 is 0 Å². The molecule has 2 N–H and O–H groups in total. The molecule has 12 aromatic carbocycles. The van der Waals surface area contributed by atoms with E-state index in [1.54, 1.807) is 0 Å². The fourth-order valence-corrected chi connectivity index (χ4v) is 16.3. The van der Waals surface area contributed by atoms with Crippen LogP contribution in [0.15, 0.2) is 295 Å². The highest BCUT2D eigenvalue weighted by molar-refractivity contribution is 7.99. The van der Waals surface area contributed by atoms with Gasteiger partial charge in [0, 0.05) is 41.7 Å². The molecule has 80 heavy (non-hydrogen) atoms. The molecule has 6 heteroatoms. The smallest absolute Gasteiger partial charge is 0.137 e. The second kappa shape index (κ2) is 17.5. The highest BCUT2D eigenvalue weighted by Crippen LogP contribution is 2.64. The minimum Gasteiger partial charge on any atom is -0.456 e. The monoisotopic (exact) mass is 1060 g/mol. The summed E-state index contributed by atoms with van der Waals surface area (Å²) in [6.45, 7) is 0. The van der Waals surface area contributed by atoms with E-state index in [0.717, 1.165) is 66.6 Å². The van der Waals surface area contributed by atoms with E-state index in [9.17, 15) is 0 Å². The van der Waals surface area contributed by atoms with Gasteiger partial charge in [0.2, 0.25) is 0 Å². The first-order chi connectivity index (χ1) is 39.6. The average molecular weight is 1060 g/mol. The third kappa shape index (κ3) is 6.43. The van der Waals surface area contributed by atoms with E-state index in [1.807, 2.05) is 59.9 Å². The number of nitrogens with one attached hydrogen (secondary N) is 2. The Balaban J connectivity index is 0.000000128. The molecular formula is C74H46N2O2S2. The molecular weight excluding hydrogens is 1010 g/mol. The lowest BCUT2D eigenvalue weighted by molar-refractivity contribution is 0.668. The predicted molar refractivity (Wildman–Crippen MR) is 330 cm³/mol. The zero-order valence-corrected chi connectivity index (χ0v) is 44.7. The number of hydrogen-bond donors (Lipinski definition) is 2. The standard InChI is InChI=1S/2C37H23NOS/c1-4-13-27-24(10-1)25-11-2-5-14-28(25)37(27)29-15-6-8-19-34(29)40-35-21-20-23(22-30(35)37)38-31-16-9-18-33-36(31)26-12-3-7-17-32(26)39-33;1-4-13-27-24(10-1)25-11-2-5-14-28(25)37(27)29-15-6-8-19-34(29)40-35-22-23(20-21-30(35)37)38-31-16-9-18-33-36(31)26-12-3-7-17-32(26)39-33/h2*1-22,38H. The van der Waals surface area contributed by atoms with Crippen molar-refractivity contribution in [1.82, 2.24) is 0 Å². The molecule has 2 aromatic heterocycles. The third-order valence-corrected chi connectivity index (χ3v) is 19.3. The Morgan fingerprint density at radius 1 is 0.263 bits per heavy atom. The summed E-state index contributed by atoms with van der Waals surface area (Å²) in [6.07, 6.45) is 0. The van der Waals surface area contributed by atoms with Crippen LogP contribution >= 0.6 is 23.5 Å². The molecule has 4 heterocycles. The van der Waals surface area contributed by atoms with Crippen molar-refractivity contribution in [1.29, 1.82) is 0 Å². The van der Waals surface area contributed by atoms with Crippen LogP contribution in [-0.2, 0) is 10.8 Å². The van der Waals surface area contributed by atoms with Crippen LogP contribution in [0.4, 0.5) is 22.7 Å². The van der Waals surface area contributed by atoms with Gasteiger partial charge in [-0.25, -0.2) is 0 Å². The van der Waals surface area contributed by atoms with E-state index in [-0.39, 0.29) is 10.8 Å². The second-order valence-corrected chi connectivity index (χ2v) is 23.3. The van der Waals surface area contributed by atoms with Gasteiger partial charge < -0.3 is 19.5 Å². The van der Waals surface area contributed by atoms with Gasteiger partial charge in [-0.05, 0) is 146 Å². The summed E-state index contributed by atoms with van der Waals surface area (Å²) in [5.41, 5.74) is 23.2. The molecule has 0 saturated carbocycles. The zero-order chi connectivity index (χ0) is 52.5. The molecule has 2 spiro atoms. The van der Waals surface area contributed by atoms with Gasteiger partial charge in [0.25, 0.3) is 0 Å². The van der Waals surface area contributed by atoms with Crippen LogP contribution in [-0.4, -0.2) is 0 Å². The molecule has 0 fully saturated rings. The molecule has 0 radical (unpaired) electrons. The van der Waals surface area contributed by atoms with Gasteiger partial charge in [-0.3, -0.25) is 0 Å². The van der Waals surface area contributed by atoms with Crippen LogP contribution in [0.3, 0.4) is 0 Å². The van der Waals surface area contributed by atoms with Gasteiger partial charge in [0.1, 0.15) is 22.3 Å². The molecule has 14 aromatic rings. The first-order valence-corrected chi connectivity index (χ1v) is 28.8. The highest BCUT2D eigenvalue weighted by Gasteiger charge is 2.51. The molecule has 376 valence electrons. The molecule has 0 amide bonds. The Bertz CT molecular complexity index is 4800. The molecule has 2 aliphatic carbocycles. The predicted octanol–water partition coefficient (Wildman–Crippen LogP) is 20.3. The topological polar surface area (TPSA) is 50.3 Å². The minimum atomic E-state index is -0.379. The Morgan fingerprint density at radius 3 is 1.14 bits per heavy atom. The van der Waals surface area contributed by atoms with Gasteiger partial charge >= 0.3 is 0 Å². The number of fused-ring (bicyclic) bond motifs is 24. The summed E-state index contributed by atoms with van der Waals surface area (Å²) in [4.78, 5) is 5.19. The van der Waals surface area contributed by atoms with Crippen LogP contribution in [0.2, 0.25) is 0 Å². The Hall–Kier alpha value is -9.46. The number of benzene rings is 12. The molecule has 4 nitrogen and oxygen atoms in total. The molecule has 0 unspecified atom stereocenters. The maximum absolute atomic E-state index is 6.17. The summed E-state index contributed by atoms with van der Waals surface area (Å²) in [5.74, 6) is 0. The maximum Gasteiger partial charge on any atom is 0.137 e. The summed E-state index contributed by atoms with van der Waals surface area (Å²) in [5, 5.41) is 12.0. The van der Waals surface area contributed by atoms with E-state index in [4.69, 9.17) is 8.83 Å². The highest BCUT2D eigenvalue weighted by atomic mass is 32.2. The van der Waals surface area contributed by atoms with Gasteiger partial charge in [-0.2, -0.15) is 0 Å². The van der Waals surface area contributed by atoms with Crippen molar-refractivity contribution in [2.24, 2.45) is 0 Å². The van der Waals surface area contributed by atoms with Crippen LogP contribution in [0.1, 0.15) is 44.5 Å². The van der Waals surface area contributed by atoms with Crippen molar-refractivity contribution in [2.75, 3.05) is 10.6 Å². The van der Waals surface area contributed by atoms with Gasteiger partial charge in [0.15, 0.2) is 0 Å². The summed E-state index contributed by atoms with van der Waals surface area (Å²) < 4.78 is 12.3. The Kier molecular flexibility index (Phi) is 9.98. The Labute approximate surface area is 470 Å². The maximum atomic E-state index is 6.17. The largest absolute Gasteiger partial charge is 0.456 e. The van der Waals surface area contributed by atoms with E-state index in [2.05, 4.69) is 241 Å². The first-order valence-electron chi connectivity index (χ1n) is 27.2. The zero-order valence-electron chi connectivity index (χ0n) is 43.0. The summed E-state index contributed by atoms with van der Waals surface area (Å²) >= 11 is 3.74. The fourth-order valence-electron chi connectivity index (χ4n) is 13.9. The van der Waals surface area contributed by atoms with E-state index >= 15 is 0 Å². The first kappa shape index (κ1) is 45.5. The van der Waals surface area contributed by atoms with Crippen LogP contribution in [0.25, 0.3) is 66.1 Å². The molecule has 18 rings (SSSR count). The Morgan fingerprint density at radius 2 is 0.625 bits per heavy atom. The molecule has 0 atom stereocenters. The number of hydrogen-bond acceptors (Lipinski definition) is 6. The normalized spacial score (nSPS) is 14.1. The second-order valence-electron chi connectivity index (χ2n) is 21.1. The number of rotatable bonds is 4. The lowest BCUT2D eigenvalue weighted by Crippen LogP contribution is -2.32. The van der Waals surface area contributed by atoms with Crippen molar-refractivity contribution < 1.29 is 8.83 Å². The van der Waals surface area contributed by atoms with Crippen molar-refractivity contribution in [3.63, 3.8) is 0 Å². The minimum absolute atomic E-state index is 0.344. The van der Waals surface area contributed by atoms with Gasteiger partial charge in [-0.15, -0.1) is 0 Å². The summed E-state index contributed by atoms with van der Waals surface area (Å²) in [6, 6.07) is 96.4.